The first-order valence-electron chi connectivity index (χ1n) is 22.5. The van der Waals surface area contributed by atoms with Crippen molar-refractivity contribution in [1.29, 1.82) is 0 Å². The number of hydrogen-bond acceptors (Lipinski definition) is 6. The third-order valence-corrected chi connectivity index (χ3v) is 11.8. The Balaban J connectivity index is 0.00000159. The van der Waals surface area contributed by atoms with Gasteiger partial charge in [0, 0.05) is 32.8 Å². The molecular formula is C55H79N2O4Y. The van der Waals surface area contributed by atoms with Gasteiger partial charge in [-0.3, -0.25) is 0 Å². The fourth-order valence-electron chi connectivity index (χ4n) is 7.64. The molecule has 7 heteroatoms. The van der Waals surface area contributed by atoms with Crippen molar-refractivity contribution in [1.82, 2.24) is 0 Å². The predicted molar refractivity (Wildman–Crippen MR) is 254 cm³/mol. The minimum Gasteiger partial charge on any atom is -0.872 e. The molecule has 1 aliphatic heterocycles. The van der Waals surface area contributed by atoms with Crippen LogP contribution in [0.3, 0.4) is 0 Å². The molecule has 336 valence electrons. The van der Waals surface area contributed by atoms with Gasteiger partial charge < -0.3 is 30.3 Å². The minimum absolute atomic E-state index is 0. The molecule has 0 saturated carbocycles. The Labute approximate surface area is 402 Å². The fraction of sp³-hybridized carbons (Fsp3) is 0.564. The number of ether oxygens (including phenoxy) is 1. The van der Waals surface area contributed by atoms with Crippen molar-refractivity contribution in [2.45, 2.75) is 190 Å². The average Bonchev–Trinajstić information content (AvgIpc) is 3.70. The Morgan fingerprint density at radius 1 is 0.484 bits per heavy atom. The predicted octanol–water partition coefficient (Wildman–Crippen LogP) is 12.3. The van der Waals surface area contributed by atoms with E-state index < -0.39 is 0 Å². The van der Waals surface area contributed by atoms with E-state index in [1.807, 2.05) is 18.2 Å². The van der Waals surface area contributed by atoms with Crippen LogP contribution in [0, 0.1) is 0 Å². The van der Waals surface area contributed by atoms with Crippen molar-refractivity contribution in [2.24, 2.45) is 0 Å². The number of para-hydroxylation sites is 2. The van der Waals surface area contributed by atoms with Crippen LogP contribution in [0.15, 0.2) is 60.7 Å². The van der Waals surface area contributed by atoms with Gasteiger partial charge in [0.25, 0.3) is 0 Å². The topological polar surface area (TPSA) is 93.7 Å². The molecule has 4 aromatic rings. The summed E-state index contributed by atoms with van der Waals surface area (Å²) in [5.41, 5.74) is 8.01. The maximum Gasteiger partial charge on any atom is 3.00 e. The van der Waals surface area contributed by atoms with Crippen LogP contribution in [0.2, 0.25) is 0 Å². The summed E-state index contributed by atoms with van der Waals surface area (Å²) in [6, 6.07) is 20.5. The van der Waals surface area contributed by atoms with E-state index in [4.69, 9.17) is 4.74 Å². The van der Waals surface area contributed by atoms with E-state index >= 15 is 0 Å². The first kappa shape index (κ1) is 53.3. The van der Waals surface area contributed by atoms with E-state index in [0.717, 1.165) is 58.0 Å². The molecule has 4 aromatic carbocycles. The van der Waals surface area contributed by atoms with E-state index in [1.165, 1.54) is 12.8 Å². The molecule has 0 unspecified atom stereocenters. The third-order valence-electron chi connectivity index (χ3n) is 11.8. The Morgan fingerprint density at radius 3 is 1.15 bits per heavy atom. The molecule has 1 saturated heterocycles. The van der Waals surface area contributed by atoms with Crippen molar-refractivity contribution in [3.05, 3.63) is 111 Å². The molecule has 62 heavy (non-hydrogen) atoms. The maximum absolute atomic E-state index is 14.5. The van der Waals surface area contributed by atoms with Gasteiger partial charge in [0.05, 0.1) is 11.4 Å². The van der Waals surface area contributed by atoms with E-state index in [2.05, 4.69) is 177 Å². The van der Waals surface area contributed by atoms with Gasteiger partial charge in [0.2, 0.25) is 0 Å². The molecule has 1 heterocycles. The molecule has 6 nitrogen and oxygen atoms in total. The molecule has 0 aromatic heterocycles. The number of nitrogens with zero attached hydrogens (tertiary/aromatic N) is 1. The Hall–Kier alpha value is -3.06. The summed E-state index contributed by atoms with van der Waals surface area (Å²) in [7, 11) is 0. The van der Waals surface area contributed by atoms with E-state index in [0.29, 0.717) is 36.3 Å². The fourth-order valence-corrected chi connectivity index (χ4v) is 7.64. The summed E-state index contributed by atoms with van der Waals surface area (Å²) in [5.74, 6) is 0.125. The maximum atomic E-state index is 14.5. The van der Waals surface area contributed by atoms with Gasteiger partial charge in [0.15, 0.2) is 0 Å². The van der Waals surface area contributed by atoms with Crippen LogP contribution < -0.4 is 25.5 Å². The smallest absolute Gasteiger partial charge is 0.872 e. The van der Waals surface area contributed by atoms with Gasteiger partial charge in [-0.05, 0) is 108 Å². The van der Waals surface area contributed by atoms with Gasteiger partial charge in [-0.1, -0.05) is 173 Å². The largest absolute Gasteiger partial charge is 3.00 e. The van der Waals surface area contributed by atoms with Crippen LogP contribution in [0.5, 0.6) is 17.2 Å². The zero-order valence-electron chi connectivity index (χ0n) is 41.9. The molecule has 0 aliphatic carbocycles. The quantitative estimate of drug-likeness (QED) is 0.189. The van der Waals surface area contributed by atoms with Crippen molar-refractivity contribution in [3.8, 4) is 17.2 Å². The molecule has 5 rings (SSSR count). The Kier molecular flexibility index (Phi) is 17.2. The monoisotopic (exact) mass is 921 g/mol. The number of benzene rings is 4. The Bertz CT molecular complexity index is 2030. The molecule has 0 spiro atoms. The molecule has 1 fully saturated rings. The van der Waals surface area contributed by atoms with Gasteiger partial charge in [0.1, 0.15) is 0 Å². The molecule has 0 atom stereocenters. The van der Waals surface area contributed by atoms with Crippen LogP contribution in [-0.2, 0) is 89.6 Å². The Morgan fingerprint density at radius 2 is 0.823 bits per heavy atom. The van der Waals surface area contributed by atoms with Crippen molar-refractivity contribution in [2.75, 3.05) is 23.4 Å². The summed E-state index contributed by atoms with van der Waals surface area (Å²) in [6.07, 6.45) is 2.56. The molecular weight excluding hydrogens is 842 g/mol. The van der Waals surface area contributed by atoms with E-state index in [1.54, 1.807) is 0 Å². The van der Waals surface area contributed by atoms with Crippen LogP contribution in [0.1, 0.15) is 188 Å². The minimum atomic E-state index is -0.355. The molecule has 1 aliphatic rings. The zero-order chi connectivity index (χ0) is 46.1. The first-order chi connectivity index (χ1) is 27.8. The third kappa shape index (κ3) is 13.7. The van der Waals surface area contributed by atoms with Gasteiger partial charge >= 0.3 is 32.7 Å². The van der Waals surface area contributed by atoms with Crippen LogP contribution in [0.4, 0.5) is 11.4 Å². The number of hydrogen-bond donors (Lipinski definition) is 1. The van der Waals surface area contributed by atoms with E-state index in [9.17, 15) is 15.3 Å². The molecule has 1 N–H and O–H groups in total. The average molecular weight is 921 g/mol. The second kappa shape index (κ2) is 20.0. The van der Waals surface area contributed by atoms with Gasteiger partial charge in [-0.2, -0.15) is 0 Å². The summed E-state index contributed by atoms with van der Waals surface area (Å²) < 4.78 is 4.94. The van der Waals surface area contributed by atoms with Crippen molar-refractivity contribution < 1.29 is 52.8 Å². The SMILES string of the molecule is C1CCOC1.CC(C)(C)c1cc(CNc2ccccc2N(Cc2cc(C(C)(C)C)cc(C(C)(C)C)c2[O-])Cc2cc(C(C)(C)C)cc(C(C)(C)C)c2[O-])c([O-])c(C(C)(C)C)c1.[Y+3]. The molecule has 0 amide bonds. The summed E-state index contributed by atoms with van der Waals surface area (Å²) in [6.45, 7) is 41.4. The number of rotatable bonds is 8. The summed E-state index contributed by atoms with van der Waals surface area (Å²) >= 11 is 0. The van der Waals surface area contributed by atoms with Gasteiger partial charge in [-0.15, -0.1) is 17.2 Å². The molecule has 0 bridgehead atoms. The zero-order valence-corrected chi connectivity index (χ0v) is 44.7. The van der Waals surface area contributed by atoms with Crippen LogP contribution in [0.25, 0.3) is 0 Å². The van der Waals surface area contributed by atoms with Crippen molar-refractivity contribution >= 4 is 11.4 Å². The second-order valence-corrected chi connectivity index (χ2v) is 23.6. The van der Waals surface area contributed by atoms with Crippen LogP contribution >= 0.6 is 0 Å². The van der Waals surface area contributed by atoms with Gasteiger partial charge in [-0.25, -0.2) is 0 Å². The number of anilines is 2. The first-order valence-corrected chi connectivity index (χ1v) is 22.5. The second-order valence-electron chi connectivity index (χ2n) is 23.6. The van der Waals surface area contributed by atoms with Crippen LogP contribution in [-0.4, -0.2) is 13.2 Å². The van der Waals surface area contributed by atoms with E-state index in [-0.39, 0.29) is 82.4 Å². The summed E-state index contributed by atoms with van der Waals surface area (Å²) in [4.78, 5) is 2.18. The standard InChI is InChI=1S/C51H74N2O3.C4H8O.Y/c1-46(2,3)35-23-32(43(54)38(26-35)49(10,11)12)29-52-41-21-19-20-22-42(41)53(30-33-24-36(47(4,5)6)27-39(44(33)55)50(13,14)15)31-34-25-37(48(7,8)9)28-40(45(34)56)51(16,17)18;1-2-4-5-3-1;/h19-28,52,54-56H,29-31H2,1-18H3;1-4H2;/q;;+3/p-3. The molecule has 0 radical (unpaired) electrons. The van der Waals surface area contributed by atoms with Crippen molar-refractivity contribution in [3.63, 3.8) is 0 Å². The number of nitrogens with one attached hydrogen (secondary N) is 1. The summed E-state index contributed by atoms with van der Waals surface area (Å²) in [5, 5.41) is 46.6. The normalized spacial score (nSPS) is 13.9.